The minimum absolute atomic E-state index is 0.0245. The number of benzene rings is 2. The average molecular weight is 481 g/mol. The van der Waals surface area contributed by atoms with Crippen molar-refractivity contribution < 1.29 is 33.1 Å². The predicted molar refractivity (Wildman–Crippen MR) is 118 cm³/mol. The van der Waals surface area contributed by atoms with E-state index in [1.54, 1.807) is 6.07 Å². The van der Waals surface area contributed by atoms with Gasteiger partial charge in [-0.2, -0.15) is 5.01 Å². The maximum absolute atomic E-state index is 13.1. The molecule has 9 nitrogen and oxygen atoms in total. The van der Waals surface area contributed by atoms with Gasteiger partial charge in [0.2, 0.25) is 17.6 Å². The molecule has 1 fully saturated rings. The molecule has 2 aromatic carbocycles. The molecule has 34 heavy (non-hydrogen) atoms. The number of hydrogen-bond acceptors (Lipinski definition) is 7. The standard InChI is InChI=1S/C24H17ClN2O7/c25-17-7-3-16(4-8-17)23(31)26(27-21(29)11-12-22(27)30)14-19(28)15-5-9-18(10-6-15)34-24(32)20-2-1-13-33-20/h1-10,13H,11-12,14H2. The Bertz CT molecular complexity index is 1240. The second-order valence-corrected chi connectivity index (χ2v) is 7.72. The molecule has 1 aliphatic heterocycles. The predicted octanol–water partition coefficient (Wildman–Crippen LogP) is 3.54. The number of halogens is 1. The number of carbonyl (C=O) groups excluding carboxylic acids is 5. The molecule has 1 aromatic heterocycles. The summed E-state index contributed by atoms with van der Waals surface area (Å²) in [5.41, 5.74) is 0.343. The number of hydrogen-bond donors (Lipinski definition) is 0. The number of ketones is 1. The van der Waals surface area contributed by atoms with Gasteiger partial charge in [0.15, 0.2) is 5.78 Å². The van der Waals surface area contributed by atoms with Crippen molar-refractivity contribution in [3.05, 3.63) is 88.8 Å². The van der Waals surface area contributed by atoms with E-state index in [-0.39, 0.29) is 35.5 Å². The highest BCUT2D eigenvalue weighted by Crippen LogP contribution is 2.21. The van der Waals surface area contributed by atoms with Gasteiger partial charge in [0.05, 0.1) is 6.26 Å². The van der Waals surface area contributed by atoms with Crippen LogP contribution in [0.5, 0.6) is 5.75 Å². The molecular formula is C24H17ClN2O7. The highest BCUT2D eigenvalue weighted by Gasteiger charge is 2.38. The second kappa shape index (κ2) is 9.72. The fourth-order valence-electron chi connectivity index (χ4n) is 3.30. The van der Waals surface area contributed by atoms with E-state index in [2.05, 4.69) is 0 Å². The Hall–Kier alpha value is -4.24. The summed E-state index contributed by atoms with van der Waals surface area (Å²) in [6.45, 7) is -0.551. The van der Waals surface area contributed by atoms with Crippen LogP contribution in [0, 0.1) is 0 Å². The molecule has 0 atom stereocenters. The molecule has 0 saturated carbocycles. The Morgan fingerprint density at radius 3 is 2.12 bits per heavy atom. The number of Topliss-reactive ketones (excluding diaryl/α,β-unsaturated/α-hetero) is 1. The van der Waals surface area contributed by atoms with Crippen LogP contribution < -0.4 is 4.74 Å². The molecule has 0 radical (unpaired) electrons. The summed E-state index contributed by atoms with van der Waals surface area (Å²) in [6.07, 6.45) is 1.24. The maximum Gasteiger partial charge on any atom is 0.379 e. The highest BCUT2D eigenvalue weighted by molar-refractivity contribution is 6.30. The molecule has 4 rings (SSSR count). The van der Waals surface area contributed by atoms with Crippen molar-refractivity contribution in [2.45, 2.75) is 12.8 Å². The summed E-state index contributed by atoms with van der Waals surface area (Å²) >= 11 is 5.87. The van der Waals surface area contributed by atoms with Gasteiger partial charge < -0.3 is 9.15 Å². The van der Waals surface area contributed by atoms with Crippen molar-refractivity contribution in [1.82, 2.24) is 10.0 Å². The van der Waals surface area contributed by atoms with Gasteiger partial charge >= 0.3 is 5.97 Å². The molecule has 0 spiro atoms. The van der Waals surface area contributed by atoms with Crippen LogP contribution in [-0.2, 0) is 9.59 Å². The zero-order valence-corrected chi connectivity index (χ0v) is 18.4. The van der Waals surface area contributed by atoms with Crippen LogP contribution in [0.4, 0.5) is 0 Å². The molecule has 1 saturated heterocycles. The van der Waals surface area contributed by atoms with Crippen LogP contribution in [0.15, 0.2) is 71.3 Å². The molecule has 3 amide bonds. The van der Waals surface area contributed by atoms with Gasteiger partial charge in [-0.3, -0.25) is 19.2 Å². The molecule has 2 heterocycles. The number of furan rings is 1. The van der Waals surface area contributed by atoms with E-state index in [0.29, 0.717) is 10.0 Å². The number of esters is 1. The van der Waals surface area contributed by atoms with E-state index in [4.69, 9.17) is 20.8 Å². The fraction of sp³-hybridized carbons (Fsp3) is 0.125. The van der Waals surface area contributed by atoms with Crippen LogP contribution in [0.25, 0.3) is 0 Å². The van der Waals surface area contributed by atoms with Crippen LogP contribution in [0.1, 0.15) is 44.1 Å². The van der Waals surface area contributed by atoms with E-state index in [0.717, 1.165) is 5.01 Å². The van der Waals surface area contributed by atoms with Gasteiger partial charge in [-0.05, 0) is 60.7 Å². The monoisotopic (exact) mass is 480 g/mol. The van der Waals surface area contributed by atoms with Crippen molar-refractivity contribution in [3.63, 3.8) is 0 Å². The lowest BCUT2D eigenvalue weighted by molar-refractivity contribution is -0.152. The number of nitrogens with zero attached hydrogens (tertiary/aromatic N) is 2. The van der Waals surface area contributed by atoms with Gasteiger partial charge in [0, 0.05) is 29.0 Å². The first-order valence-electron chi connectivity index (χ1n) is 10.2. The number of ether oxygens (including phenoxy) is 1. The summed E-state index contributed by atoms with van der Waals surface area (Å²) < 4.78 is 10.1. The zero-order valence-electron chi connectivity index (χ0n) is 17.6. The minimum atomic E-state index is -0.699. The smallest absolute Gasteiger partial charge is 0.379 e. The molecule has 172 valence electrons. The topological polar surface area (TPSA) is 114 Å². The van der Waals surface area contributed by atoms with E-state index in [9.17, 15) is 24.0 Å². The third-order valence-corrected chi connectivity index (χ3v) is 5.25. The Balaban J connectivity index is 1.52. The normalized spacial score (nSPS) is 13.1. The molecule has 3 aromatic rings. The summed E-state index contributed by atoms with van der Waals surface area (Å²) in [4.78, 5) is 62.6. The molecular weight excluding hydrogens is 464 g/mol. The zero-order chi connectivity index (χ0) is 24.2. The summed E-state index contributed by atoms with van der Waals surface area (Å²) in [5, 5.41) is 1.96. The number of amides is 3. The van der Waals surface area contributed by atoms with Gasteiger partial charge in [-0.1, -0.05) is 11.6 Å². The Kier molecular flexibility index (Phi) is 6.55. The molecule has 0 N–H and O–H groups in total. The lowest BCUT2D eigenvalue weighted by atomic mass is 10.1. The van der Waals surface area contributed by atoms with Crippen LogP contribution in [0.2, 0.25) is 5.02 Å². The Labute approximate surface area is 198 Å². The third-order valence-electron chi connectivity index (χ3n) is 4.99. The van der Waals surface area contributed by atoms with Crippen molar-refractivity contribution in [2.75, 3.05) is 6.54 Å². The third kappa shape index (κ3) is 4.89. The SMILES string of the molecule is O=C(CN(C(=O)c1ccc(Cl)cc1)N1C(=O)CCC1=O)c1ccc(OC(=O)c2ccco2)cc1. The van der Waals surface area contributed by atoms with Crippen LogP contribution >= 0.6 is 11.6 Å². The Morgan fingerprint density at radius 2 is 1.53 bits per heavy atom. The number of rotatable bonds is 7. The first-order chi connectivity index (χ1) is 16.3. The van der Waals surface area contributed by atoms with Crippen molar-refractivity contribution in [1.29, 1.82) is 0 Å². The lowest BCUT2D eigenvalue weighted by Gasteiger charge is -2.29. The van der Waals surface area contributed by atoms with E-state index >= 15 is 0 Å². The van der Waals surface area contributed by atoms with Crippen molar-refractivity contribution in [3.8, 4) is 5.75 Å². The lowest BCUT2D eigenvalue weighted by Crippen LogP contribution is -2.51. The number of carbonyl (C=O) groups is 5. The van der Waals surface area contributed by atoms with Gasteiger partial charge in [-0.25, -0.2) is 9.80 Å². The van der Waals surface area contributed by atoms with Crippen molar-refractivity contribution in [2.24, 2.45) is 0 Å². The number of imide groups is 1. The summed E-state index contributed by atoms with van der Waals surface area (Å²) in [7, 11) is 0. The molecule has 10 heteroatoms. The van der Waals surface area contributed by atoms with E-state index in [1.165, 1.54) is 60.9 Å². The largest absolute Gasteiger partial charge is 0.457 e. The van der Waals surface area contributed by atoms with Crippen LogP contribution in [-0.4, -0.2) is 46.0 Å². The summed E-state index contributed by atoms with van der Waals surface area (Å²) in [5.74, 6) is -2.86. The van der Waals surface area contributed by atoms with Gasteiger partial charge in [0.1, 0.15) is 12.3 Å². The maximum atomic E-state index is 13.1. The van der Waals surface area contributed by atoms with Gasteiger partial charge in [-0.15, -0.1) is 0 Å². The van der Waals surface area contributed by atoms with Crippen molar-refractivity contribution >= 4 is 41.1 Å². The second-order valence-electron chi connectivity index (χ2n) is 7.28. The first kappa shape index (κ1) is 22.9. The van der Waals surface area contributed by atoms with E-state index < -0.39 is 36.0 Å². The number of hydrazine groups is 1. The van der Waals surface area contributed by atoms with Gasteiger partial charge in [0.25, 0.3) is 5.91 Å². The fourth-order valence-corrected chi connectivity index (χ4v) is 3.42. The van der Waals surface area contributed by atoms with Crippen LogP contribution in [0.3, 0.4) is 0 Å². The van der Waals surface area contributed by atoms with E-state index in [1.807, 2.05) is 0 Å². The highest BCUT2D eigenvalue weighted by atomic mass is 35.5. The quantitative estimate of drug-likeness (QED) is 0.220. The molecule has 0 aliphatic carbocycles. The average Bonchev–Trinajstić information content (AvgIpc) is 3.48. The molecule has 0 bridgehead atoms. The minimum Gasteiger partial charge on any atom is -0.457 e. The Morgan fingerprint density at radius 1 is 0.912 bits per heavy atom. The summed E-state index contributed by atoms with van der Waals surface area (Å²) in [6, 6.07) is 14.5. The molecule has 0 unspecified atom stereocenters. The first-order valence-corrected chi connectivity index (χ1v) is 10.5. The molecule has 1 aliphatic rings.